The normalized spacial score (nSPS) is 15.6. The van der Waals surface area contributed by atoms with E-state index in [0.29, 0.717) is 31.2 Å². The van der Waals surface area contributed by atoms with Gasteiger partial charge in [-0.05, 0) is 24.3 Å². The maximum absolute atomic E-state index is 12.1. The Labute approximate surface area is 133 Å². The van der Waals surface area contributed by atoms with Gasteiger partial charge in [0, 0.05) is 39.3 Å². The van der Waals surface area contributed by atoms with Crippen LogP contribution in [-0.4, -0.2) is 60.9 Å². The van der Waals surface area contributed by atoms with Crippen molar-refractivity contribution in [1.82, 2.24) is 15.1 Å². The number of hydrogen-bond acceptors (Lipinski definition) is 5. The molecular formula is C16H19N3O4. The van der Waals surface area contributed by atoms with Gasteiger partial charge >= 0.3 is 0 Å². The zero-order chi connectivity index (χ0) is 16.1. The molecule has 0 radical (unpaired) electrons. The molecule has 0 aliphatic carbocycles. The Morgan fingerprint density at radius 3 is 2.26 bits per heavy atom. The van der Waals surface area contributed by atoms with Crippen LogP contribution in [0.1, 0.15) is 21.1 Å². The summed E-state index contributed by atoms with van der Waals surface area (Å²) in [6.45, 7) is 4.17. The second-order valence-corrected chi connectivity index (χ2v) is 5.34. The Hall–Kier alpha value is -2.54. The highest BCUT2D eigenvalue weighted by Gasteiger charge is 2.23. The Morgan fingerprint density at radius 1 is 1.00 bits per heavy atom. The Bertz CT molecular complexity index is 626. The van der Waals surface area contributed by atoms with Gasteiger partial charge in [-0.2, -0.15) is 0 Å². The molecular weight excluding hydrogens is 298 g/mol. The van der Waals surface area contributed by atoms with Crippen molar-refractivity contribution in [2.45, 2.75) is 0 Å². The Morgan fingerprint density at radius 2 is 1.65 bits per heavy atom. The average molecular weight is 317 g/mol. The molecule has 0 saturated carbocycles. The average Bonchev–Trinajstić information content (AvgIpc) is 3.28. The second kappa shape index (κ2) is 7.15. The van der Waals surface area contributed by atoms with E-state index in [1.165, 1.54) is 12.5 Å². The topological polar surface area (TPSA) is 78.9 Å². The molecule has 1 saturated heterocycles. The number of nitrogens with one attached hydrogen (secondary N) is 1. The first kappa shape index (κ1) is 15.4. The smallest absolute Gasteiger partial charge is 0.289 e. The van der Waals surface area contributed by atoms with E-state index in [0.717, 1.165) is 19.6 Å². The highest BCUT2D eigenvalue weighted by molar-refractivity contribution is 5.91. The molecule has 0 spiro atoms. The quantitative estimate of drug-likeness (QED) is 0.892. The van der Waals surface area contributed by atoms with E-state index in [-0.39, 0.29) is 11.8 Å². The molecule has 3 rings (SSSR count). The van der Waals surface area contributed by atoms with Gasteiger partial charge in [0.1, 0.15) is 0 Å². The fraction of sp³-hybridized carbons (Fsp3) is 0.375. The summed E-state index contributed by atoms with van der Waals surface area (Å²) < 4.78 is 10.2. The van der Waals surface area contributed by atoms with Crippen molar-refractivity contribution < 1.29 is 18.4 Å². The maximum Gasteiger partial charge on any atom is 0.289 e. The summed E-state index contributed by atoms with van der Waals surface area (Å²) in [5.41, 5.74) is 0. The number of nitrogens with zero attached hydrogens (tertiary/aromatic N) is 2. The summed E-state index contributed by atoms with van der Waals surface area (Å²) in [4.78, 5) is 27.9. The molecule has 1 N–H and O–H groups in total. The predicted molar refractivity (Wildman–Crippen MR) is 82.1 cm³/mol. The van der Waals surface area contributed by atoms with Crippen LogP contribution in [0, 0.1) is 0 Å². The van der Waals surface area contributed by atoms with E-state index < -0.39 is 0 Å². The Balaban J connectivity index is 1.38. The third kappa shape index (κ3) is 3.81. The molecule has 1 aliphatic rings. The van der Waals surface area contributed by atoms with Gasteiger partial charge < -0.3 is 19.1 Å². The standard InChI is InChI=1S/C16H19N3O4/c20-15(13-3-1-11-22-13)17-5-6-18-7-9-19(10-8-18)16(21)14-4-2-12-23-14/h1-4,11-12H,5-10H2,(H,17,20). The summed E-state index contributed by atoms with van der Waals surface area (Å²) in [6.07, 6.45) is 2.98. The van der Waals surface area contributed by atoms with Gasteiger partial charge in [-0.3, -0.25) is 14.5 Å². The fourth-order valence-corrected chi connectivity index (χ4v) is 2.55. The first-order chi connectivity index (χ1) is 11.2. The monoisotopic (exact) mass is 317 g/mol. The second-order valence-electron chi connectivity index (χ2n) is 5.34. The minimum atomic E-state index is -0.207. The summed E-state index contributed by atoms with van der Waals surface area (Å²) in [5, 5.41) is 2.82. The lowest BCUT2D eigenvalue weighted by molar-refractivity contribution is 0.0607. The molecule has 23 heavy (non-hydrogen) atoms. The van der Waals surface area contributed by atoms with Crippen LogP contribution in [0.25, 0.3) is 0 Å². The van der Waals surface area contributed by atoms with Crippen molar-refractivity contribution >= 4 is 11.8 Å². The van der Waals surface area contributed by atoms with Gasteiger partial charge in [0.05, 0.1) is 12.5 Å². The minimum Gasteiger partial charge on any atom is -0.459 e. The lowest BCUT2D eigenvalue weighted by atomic mass is 10.3. The molecule has 1 fully saturated rings. The predicted octanol–water partition coefficient (Wildman–Crippen LogP) is 1.06. The molecule has 3 heterocycles. The van der Waals surface area contributed by atoms with Crippen molar-refractivity contribution in [3.63, 3.8) is 0 Å². The molecule has 2 aromatic heterocycles. The van der Waals surface area contributed by atoms with Gasteiger partial charge in [-0.1, -0.05) is 0 Å². The minimum absolute atomic E-state index is 0.0687. The van der Waals surface area contributed by atoms with Gasteiger partial charge in [0.2, 0.25) is 0 Å². The van der Waals surface area contributed by atoms with Crippen LogP contribution < -0.4 is 5.32 Å². The summed E-state index contributed by atoms with van der Waals surface area (Å²) >= 11 is 0. The molecule has 0 atom stereocenters. The number of furan rings is 2. The number of hydrogen-bond donors (Lipinski definition) is 1. The van der Waals surface area contributed by atoms with Crippen LogP contribution >= 0.6 is 0 Å². The molecule has 2 amide bonds. The van der Waals surface area contributed by atoms with Crippen molar-refractivity contribution in [2.24, 2.45) is 0 Å². The zero-order valence-corrected chi connectivity index (χ0v) is 12.7. The summed E-state index contributed by atoms with van der Waals surface area (Å²) in [7, 11) is 0. The SMILES string of the molecule is O=C(NCCN1CCN(C(=O)c2ccco2)CC1)c1ccco1. The van der Waals surface area contributed by atoms with Crippen LogP contribution in [0.4, 0.5) is 0 Å². The molecule has 0 aromatic carbocycles. The van der Waals surface area contributed by atoms with Crippen molar-refractivity contribution in [1.29, 1.82) is 0 Å². The largest absolute Gasteiger partial charge is 0.459 e. The van der Waals surface area contributed by atoms with Gasteiger partial charge in [-0.25, -0.2) is 0 Å². The Kier molecular flexibility index (Phi) is 4.77. The van der Waals surface area contributed by atoms with Crippen LogP contribution in [0.2, 0.25) is 0 Å². The molecule has 122 valence electrons. The fourth-order valence-electron chi connectivity index (χ4n) is 2.55. The van der Waals surface area contributed by atoms with E-state index in [1.54, 1.807) is 29.2 Å². The van der Waals surface area contributed by atoms with Crippen LogP contribution in [-0.2, 0) is 0 Å². The van der Waals surface area contributed by atoms with E-state index in [9.17, 15) is 9.59 Å². The van der Waals surface area contributed by atoms with Crippen molar-refractivity contribution in [2.75, 3.05) is 39.3 Å². The molecule has 1 aliphatic heterocycles. The number of rotatable bonds is 5. The van der Waals surface area contributed by atoms with Gasteiger partial charge in [0.15, 0.2) is 11.5 Å². The van der Waals surface area contributed by atoms with Crippen molar-refractivity contribution in [3.8, 4) is 0 Å². The zero-order valence-electron chi connectivity index (χ0n) is 12.7. The highest BCUT2D eigenvalue weighted by Crippen LogP contribution is 2.09. The van der Waals surface area contributed by atoms with Crippen LogP contribution in [0.15, 0.2) is 45.6 Å². The van der Waals surface area contributed by atoms with Gasteiger partial charge in [0.25, 0.3) is 11.8 Å². The van der Waals surface area contributed by atoms with E-state index in [1.807, 2.05) is 0 Å². The van der Waals surface area contributed by atoms with E-state index in [4.69, 9.17) is 8.83 Å². The summed E-state index contributed by atoms with van der Waals surface area (Å²) in [6, 6.07) is 6.71. The molecule has 7 nitrogen and oxygen atoms in total. The third-order valence-corrected chi connectivity index (χ3v) is 3.85. The van der Waals surface area contributed by atoms with E-state index in [2.05, 4.69) is 10.2 Å². The number of piperazine rings is 1. The third-order valence-electron chi connectivity index (χ3n) is 3.85. The number of amides is 2. The summed E-state index contributed by atoms with van der Waals surface area (Å²) in [5.74, 6) is 0.422. The number of carbonyl (C=O) groups is 2. The first-order valence-corrected chi connectivity index (χ1v) is 7.61. The number of carbonyl (C=O) groups excluding carboxylic acids is 2. The first-order valence-electron chi connectivity index (χ1n) is 7.61. The molecule has 0 unspecified atom stereocenters. The van der Waals surface area contributed by atoms with Crippen molar-refractivity contribution in [3.05, 3.63) is 48.3 Å². The lowest BCUT2D eigenvalue weighted by Crippen LogP contribution is -2.50. The van der Waals surface area contributed by atoms with E-state index >= 15 is 0 Å². The molecule has 0 bridgehead atoms. The highest BCUT2D eigenvalue weighted by atomic mass is 16.3. The maximum atomic E-state index is 12.1. The molecule has 7 heteroatoms. The molecule has 2 aromatic rings. The van der Waals surface area contributed by atoms with Gasteiger partial charge in [-0.15, -0.1) is 0 Å². The van der Waals surface area contributed by atoms with Crippen LogP contribution in [0.5, 0.6) is 0 Å². The lowest BCUT2D eigenvalue weighted by Gasteiger charge is -2.34. The van der Waals surface area contributed by atoms with Crippen LogP contribution in [0.3, 0.4) is 0 Å².